The highest BCUT2D eigenvalue weighted by atomic mass is 32.1. The second-order valence-corrected chi connectivity index (χ2v) is 5.67. The van der Waals surface area contributed by atoms with Crippen molar-refractivity contribution in [3.05, 3.63) is 54.1 Å². The average molecular weight is 326 g/mol. The first-order valence-corrected chi connectivity index (χ1v) is 7.63. The van der Waals surface area contributed by atoms with Gasteiger partial charge in [-0.15, -0.1) is 10.2 Å². The second kappa shape index (κ2) is 6.45. The molecule has 7 heteroatoms. The van der Waals surface area contributed by atoms with Crippen molar-refractivity contribution in [1.29, 1.82) is 0 Å². The number of nitrogen functional groups attached to an aromatic ring is 1. The molecular formula is C16H14N4O2S. The Morgan fingerprint density at radius 3 is 2.65 bits per heavy atom. The maximum atomic E-state index is 12.2. The third-order valence-corrected chi connectivity index (χ3v) is 4.05. The van der Waals surface area contributed by atoms with Crippen LogP contribution in [0, 0.1) is 0 Å². The predicted molar refractivity (Wildman–Crippen MR) is 90.7 cm³/mol. The summed E-state index contributed by atoms with van der Waals surface area (Å²) in [6.45, 7) is 0. The van der Waals surface area contributed by atoms with E-state index in [0.29, 0.717) is 22.1 Å². The highest BCUT2D eigenvalue weighted by Crippen LogP contribution is 2.27. The lowest BCUT2D eigenvalue weighted by Gasteiger charge is -2.06. The average Bonchev–Trinajstić information content (AvgIpc) is 3.04. The largest absolute Gasteiger partial charge is 0.495 e. The number of anilines is 2. The summed E-state index contributed by atoms with van der Waals surface area (Å²) in [4.78, 5) is 12.2. The van der Waals surface area contributed by atoms with Gasteiger partial charge >= 0.3 is 0 Å². The number of ether oxygens (including phenoxy) is 1. The van der Waals surface area contributed by atoms with E-state index in [1.807, 2.05) is 30.3 Å². The summed E-state index contributed by atoms with van der Waals surface area (Å²) < 4.78 is 5.07. The number of carbonyl (C=O) groups is 1. The molecule has 116 valence electrons. The summed E-state index contributed by atoms with van der Waals surface area (Å²) >= 11 is 1.31. The zero-order valence-electron chi connectivity index (χ0n) is 12.3. The Bertz CT molecular complexity index is 833. The van der Waals surface area contributed by atoms with Gasteiger partial charge in [-0.05, 0) is 18.2 Å². The number of nitrogens with zero attached hydrogens (tertiary/aromatic N) is 2. The molecule has 3 N–H and O–H groups in total. The molecule has 0 atom stereocenters. The van der Waals surface area contributed by atoms with Crippen LogP contribution in [0.1, 0.15) is 10.4 Å². The second-order valence-electron chi connectivity index (χ2n) is 4.69. The third kappa shape index (κ3) is 3.29. The molecule has 3 rings (SSSR count). The number of methoxy groups -OCH3 is 1. The van der Waals surface area contributed by atoms with Gasteiger partial charge in [0, 0.05) is 11.1 Å². The monoisotopic (exact) mass is 326 g/mol. The van der Waals surface area contributed by atoms with Gasteiger partial charge in [0.15, 0.2) is 0 Å². The van der Waals surface area contributed by atoms with Crippen LogP contribution in [0.4, 0.5) is 10.8 Å². The van der Waals surface area contributed by atoms with Gasteiger partial charge in [0.2, 0.25) is 5.13 Å². The minimum Gasteiger partial charge on any atom is -0.495 e. The standard InChI is InChI=1S/C16H14N4O2S/c1-22-13-8-7-11(9-12(13)17)14(21)18-16-20-19-15(23-16)10-5-3-2-4-6-10/h2-9H,17H2,1H3,(H,18,20,21). The van der Waals surface area contributed by atoms with E-state index in [1.54, 1.807) is 18.2 Å². The smallest absolute Gasteiger partial charge is 0.257 e. The molecule has 0 aliphatic heterocycles. The van der Waals surface area contributed by atoms with E-state index in [9.17, 15) is 4.79 Å². The molecule has 1 amide bonds. The fourth-order valence-corrected chi connectivity index (χ4v) is 2.76. The van der Waals surface area contributed by atoms with Crippen molar-refractivity contribution in [2.45, 2.75) is 0 Å². The quantitative estimate of drug-likeness (QED) is 0.719. The molecule has 1 heterocycles. The van der Waals surface area contributed by atoms with E-state index in [-0.39, 0.29) is 5.91 Å². The van der Waals surface area contributed by atoms with Gasteiger partial charge in [0.1, 0.15) is 10.8 Å². The minimum absolute atomic E-state index is 0.296. The molecule has 0 saturated heterocycles. The van der Waals surface area contributed by atoms with Crippen molar-refractivity contribution >= 4 is 28.1 Å². The van der Waals surface area contributed by atoms with Gasteiger partial charge < -0.3 is 10.5 Å². The number of hydrogen-bond acceptors (Lipinski definition) is 6. The van der Waals surface area contributed by atoms with Gasteiger partial charge in [-0.3, -0.25) is 10.1 Å². The first-order valence-electron chi connectivity index (χ1n) is 6.81. The Labute approximate surface area is 136 Å². The Kier molecular flexibility index (Phi) is 4.20. The molecule has 2 aromatic carbocycles. The lowest BCUT2D eigenvalue weighted by atomic mass is 10.2. The van der Waals surface area contributed by atoms with Crippen LogP contribution in [0.15, 0.2) is 48.5 Å². The van der Waals surface area contributed by atoms with Gasteiger partial charge in [0.25, 0.3) is 5.91 Å². The molecule has 0 spiro atoms. The van der Waals surface area contributed by atoms with Gasteiger partial charge in [-0.25, -0.2) is 0 Å². The number of rotatable bonds is 4. The van der Waals surface area contributed by atoms with Crippen LogP contribution in [-0.4, -0.2) is 23.2 Å². The summed E-state index contributed by atoms with van der Waals surface area (Å²) in [5, 5.41) is 12.0. The van der Waals surface area contributed by atoms with Crippen molar-refractivity contribution < 1.29 is 9.53 Å². The zero-order chi connectivity index (χ0) is 16.2. The Morgan fingerprint density at radius 2 is 1.96 bits per heavy atom. The van der Waals surface area contributed by atoms with Gasteiger partial charge in [-0.2, -0.15) is 0 Å². The summed E-state index contributed by atoms with van der Waals surface area (Å²) in [5.41, 5.74) is 7.61. The van der Waals surface area contributed by atoms with E-state index < -0.39 is 0 Å². The number of carbonyl (C=O) groups excluding carboxylic acids is 1. The molecule has 3 aromatic rings. The Hall–Kier alpha value is -2.93. The van der Waals surface area contributed by atoms with E-state index in [1.165, 1.54) is 18.4 Å². The number of nitrogens with one attached hydrogen (secondary N) is 1. The number of hydrogen-bond donors (Lipinski definition) is 2. The molecule has 0 unspecified atom stereocenters. The maximum absolute atomic E-state index is 12.2. The molecule has 0 aliphatic rings. The third-order valence-electron chi connectivity index (χ3n) is 3.16. The molecule has 6 nitrogen and oxygen atoms in total. The topological polar surface area (TPSA) is 90.1 Å². The summed E-state index contributed by atoms with van der Waals surface area (Å²) in [6.07, 6.45) is 0. The fraction of sp³-hybridized carbons (Fsp3) is 0.0625. The summed E-state index contributed by atoms with van der Waals surface area (Å²) in [5.74, 6) is 0.235. The molecular weight excluding hydrogens is 312 g/mol. The van der Waals surface area contributed by atoms with E-state index >= 15 is 0 Å². The van der Waals surface area contributed by atoms with Crippen LogP contribution < -0.4 is 15.8 Å². The van der Waals surface area contributed by atoms with Crippen molar-refractivity contribution in [3.63, 3.8) is 0 Å². The number of benzene rings is 2. The van der Waals surface area contributed by atoms with E-state index in [0.717, 1.165) is 10.6 Å². The van der Waals surface area contributed by atoms with E-state index in [4.69, 9.17) is 10.5 Å². The van der Waals surface area contributed by atoms with Crippen LogP contribution in [0.25, 0.3) is 10.6 Å². The normalized spacial score (nSPS) is 10.3. The minimum atomic E-state index is -0.296. The lowest BCUT2D eigenvalue weighted by molar-refractivity contribution is 0.102. The van der Waals surface area contributed by atoms with Gasteiger partial charge in [-0.1, -0.05) is 41.7 Å². The van der Waals surface area contributed by atoms with Crippen molar-refractivity contribution in [3.8, 4) is 16.3 Å². The molecule has 1 aromatic heterocycles. The van der Waals surface area contributed by atoms with Crippen LogP contribution in [0.3, 0.4) is 0 Å². The molecule has 0 radical (unpaired) electrons. The number of amides is 1. The molecule has 23 heavy (non-hydrogen) atoms. The summed E-state index contributed by atoms with van der Waals surface area (Å²) in [7, 11) is 1.53. The molecule has 0 aliphatic carbocycles. The molecule has 0 fully saturated rings. The van der Waals surface area contributed by atoms with Crippen LogP contribution in [0.2, 0.25) is 0 Å². The molecule has 0 bridgehead atoms. The predicted octanol–water partition coefficient (Wildman–Crippen LogP) is 3.05. The van der Waals surface area contributed by atoms with Crippen molar-refractivity contribution in [1.82, 2.24) is 10.2 Å². The molecule has 0 saturated carbocycles. The first kappa shape index (κ1) is 15.0. The zero-order valence-corrected chi connectivity index (χ0v) is 13.1. The van der Waals surface area contributed by atoms with Crippen molar-refractivity contribution in [2.24, 2.45) is 0 Å². The SMILES string of the molecule is COc1ccc(C(=O)Nc2nnc(-c3ccccc3)s2)cc1N. The number of aromatic nitrogens is 2. The van der Waals surface area contributed by atoms with Crippen LogP contribution in [-0.2, 0) is 0 Å². The highest BCUT2D eigenvalue weighted by molar-refractivity contribution is 7.18. The van der Waals surface area contributed by atoms with Gasteiger partial charge in [0.05, 0.1) is 12.8 Å². The van der Waals surface area contributed by atoms with Crippen LogP contribution in [0.5, 0.6) is 5.75 Å². The Morgan fingerprint density at radius 1 is 1.17 bits per heavy atom. The van der Waals surface area contributed by atoms with Crippen LogP contribution >= 0.6 is 11.3 Å². The fourth-order valence-electron chi connectivity index (χ4n) is 2.02. The lowest BCUT2D eigenvalue weighted by Crippen LogP contribution is -2.12. The first-order chi connectivity index (χ1) is 11.2. The van der Waals surface area contributed by atoms with E-state index in [2.05, 4.69) is 15.5 Å². The van der Waals surface area contributed by atoms with Crippen molar-refractivity contribution in [2.75, 3.05) is 18.2 Å². The Balaban J connectivity index is 1.76. The maximum Gasteiger partial charge on any atom is 0.257 e. The number of nitrogens with two attached hydrogens (primary N) is 1. The summed E-state index contributed by atoms with van der Waals surface area (Å²) in [6, 6.07) is 14.5. The highest BCUT2D eigenvalue weighted by Gasteiger charge is 2.12.